The minimum absolute atomic E-state index is 0.237. The van der Waals surface area contributed by atoms with Crippen LogP contribution in [0.3, 0.4) is 0 Å². The van der Waals surface area contributed by atoms with Crippen molar-refractivity contribution in [1.82, 2.24) is 0 Å². The van der Waals surface area contributed by atoms with E-state index in [0.717, 1.165) is 23.0 Å². The summed E-state index contributed by atoms with van der Waals surface area (Å²) in [6, 6.07) is 17.1. The molecule has 0 spiro atoms. The van der Waals surface area contributed by atoms with Crippen LogP contribution in [0.1, 0.15) is 5.56 Å². The summed E-state index contributed by atoms with van der Waals surface area (Å²) < 4.78 is 13.1. The first-order chi connectivity index (χ1) is 9.79. The third kappa shape index (κ3) is 3.39. The van der Waals surface area contributed by atoms with Crippen molar-refractivity contribution in [2.24, 2.45) is 4.99 Å². The molecule has 1 aliphatic heterocycles. The number of rotatable bonds is 3. The van der Waals surface area contributed by atoms with Crippen LogP contribution in [-0.2, 0) is 6.42 Å². The molecule has 0 radical (unpaired) electrons. The predicted molar refractivity (Wildman–Crippen MR) is 83.8 cm³/mol. The Balaban J connectivity index is 1.63. The van der Waals surface area contributed by atoms with Crippen molar-refractivity contribution in [1.29, 1.82) is 0 Å². The van der Waals surface area contributed by atoms with E-state index in [9.17, 15) is 4.39 Å². The summed E-state index contributed by atoms with van der Waals surface area (Å²) >= 11 is 1.69. The molecule has 2 aromatic carbocycles. The Morgan fingerprint density at radius 1 is 1.15 bits per heavy atom. The molecule has 0 bridgehead atoms. The molecule has 1 atom stereocenters. The fourth-order valence-electron chi connectivity index (χ4n) is 2.16. The summed E-state index contributed by atoms with van der Waals surface area (Å²) in [6.07, 6.45) is 0.947. The van der Waals surface area contributed by atoms with E-state index in [1.165, 1.54) is 17.7 Å². The SMILES string of the molecule is Fc1cccc(NC2=NC(Cc3ccccc3)CS2)c1. The van der Waals surface area contributed by atoms with Gasteiger partial charge in [-0.15, -0.1) is 0 Å². The van der Waals surface area contributed by atoms with Gasteiger partial charge in [0.05, 0.1) is 6.04 Å². The number of thioether (sulfide) groups is 1. The number of benzene rings is 2. The van der Waals surface area contributed by atoms with Crippen LogP contribution in [0.25, 0.3) is 0 Å². The molecule has 20 heavy (non-hydrogen) atoms. The van der Waals surface area contributed by atoms with E-state index in [0.29, 0.717) is 6.04 Å². The number of nitrogens with one attached hydrogen (secondary N) is 1. The van der Waals surface area contributed by atoms with Gasteiger partial charge < -0.3 is 5.32 Å². The summed E-state index contributed by atoms with van der Waals surface area (Å²) in [7, 11) is 0. The van der Waals surface area contributed by atoms with Crippen LogP contribution >= 0.6 is 11.8 Å². The lowest BCUT2D eigenvalue weighted by molar-refractivity contribution is 0.628. The number of halogens is 1. The zero-order chi connectivity index (χ0) is 13.8. The van der Waals surface area contributed by atoms with Gasteiger partial charge in [-0.1, -0.05) is 48.2 Å². The fraction of sp³-hybridized carbons (Fsp3) is 0.188. The van der Waals surface area contributed by atoms with Gasteiger partial charge in [0.1, 0.15) is 5.82 Å². The zero-order valence-corrected chi connectivity index (χ0v) is 11.7. The van der Waals surface area contributed by atoms with Crippen molar-refractivity contribution in [2.75, 3.05) is 11.1 Å². The van der Waals surface area contributed by atoms with E-state index in [2.05, 4.69) is 22.4 Å². The summed E-state index contributed by atoms with van der Waals surface area (Å²) in [5, 5.41) is 4.04. The molecule has 2 nitrogen and oxygen atoms in total. The minimum atomic E-state index is -0.237. The topological polar surface area (TPSA) is 24.4 Å². The summed E-state index contributed by atoms with van der Waals surface area (Å²) in [4.78, 5) is 4.65. The maximum Gasteiger partial charge on any atom is 0.161 e. The van der Waals surface area contributed by atoms with E-state index >= 15 is 0 Å². The second-order valence-electron chi connectivity index (χ2n) is 4.72. The Labute approximate surface area is 122 Å². The first-order valence-corrected chi connectivity index (χ1v) is 7.55. The van der Waals surface area contributed by atoms with Gasteiger partial charge in [-0.25, -0.2) is 4.39 Å². The van der Waals surface area contributed by atoms with Gasteiger partial charge in [0, 0.05) is 11.4 Å². The van der Waals surface area contributed by atoms with E-state index in [-0.39, 0.29) is 5.82 Å². The molecule has 0 aromatic heterocycles. The highest BCUT2D eigenvalue weighted by Gasteiger charge is 2.18. The number of aliphatic imine (C=N–C) groups is 1. The number of anilines is 1. The number of amidine groups is 1. The summed E-state index contributed by atoms with van der Waals surface area (Å²) in [6.45, 7) is 0. The van der Waals surface area contributed by atoms with Crippen molar-refractivity contribution >= 4 is 22.6 Å². The summed E-state index contributed by atoms with van der Waals surface area (Å²) in [5.41, 5.74) is 2.05. The fourth-order valence-corrected chi connectivity index (χ4v) is 3.12. The molecular weight excluding hydrogens is 271 g/mol. The van der Waals surface area contributed by atoms with Crippen molar-refractivity contribution in [3.8, 4) is 0 Å². The Morgan fingerprint density at radius 3 is 2.80 bits per heavy atom. The minimum Gasteiger partial charge on any atom is -0.335 e. The highest BCUT2D eigenvalue weighted by molar-refractivity contribution is 8.14. The highest BCUT2D eigenvalue weighted by Crippen LogP contribution is 2.22. The van der Waals surface area contributed by atoms with Crippen LogP contribution in [-0.4, -0.2) is 17.0 Å². The van der Waals surface area contributed by atoms with Crippen molar-refractivity contribution in [3.05, 3.63) is 66.0 Å². The average molecular weight is 286 g/mol. The second-order valence-corrected chi connectivity index (χ2v) is 5.73. The highest BCUT2D eigenvalue weighted by atomic mass is 32.2. The normalized spacial score (nSPS) is 17.9. The van der Waals surface area contributed by atoms with E-state index in [1.807, 2.05) is 24.3 Å². The van der Waals surface area contributed by atoms with Crippen LogP contribution in [0, 0.1) is 5.82 Å². The van der Waals surface area contributed by atoms with E-state index < -0.39 is 0 Å². The van der Waals surface area contributed by atoms with Crippen molar-refractivity contribution in [2.45, 2.75) is 12.5 Å². The molecule has 1 heterocycles. The Bertz CT molecular complexity index is 613. The average Bonchev–Trinajstić information content (AvgIpc) is 2.87. The molecule has 4 heteroatoms. The quantitative estimate of drug-likeness (QED) is 0.924. The molecular formula is C16H15FN2S. The summed E-state index contributed by atoms with van der Waals surface area (Å²) in [5.74, 6) is 0.728. The van der Waals surface area contributed by atoms with Crippen LogP contribution in [0.2, 0.25) is 0 Å². The molecule has 0 saturated carbocycles. The van der Waals surface area contributed by atoms with E-state index in [1.54, 1.807) is 17.8 Å². The van der Waals surface area contributed by atoms with Gasteiger partial charge in [-0.3, -0.25) is 4.99 Å². The molecule has 0 aliphatic carbocycles. The smallest absolute Gasteiger partial charge is 0.161 e. The number of nitrogens with zero attached hydrogens (tertiary/aromatic N) is 1. The Kier molecular flexibility index (Phi) is 4.02. The third-order valence-electron chi connectivity index (χ3n) is 3.10. The maximum absolute atomic E-state index is 13.1. The lowest BCUT2D eigenvalue weighted by atomic mass is 10.1. The monoisotopic (exact) mass is 286 g/mol. The van der Waals surface area contributed by atoms with Gasteiger partial charge in [0.2, 0.25) is 0 Å². The molecule has 1 unspecified atom stereocenters. The van der Waals surface area contributed by atoms with Crippen LogP contribution < -0.4 is 5.32 Å². The zero-order valence-electron chi connectivity index (χ0n) is 10.9. The molecule has 3 rings (SSSR count). The van der Waals surface area contributed by atoms with Crippen LogP contribution in [0.5, 0.6) is 0 Å². The molecule has 0 fully saturated rings. The Hall–Kier alpha value is -1.81. The first kappa shape index (κ1) is 13.2. The molecule has 2 aromatic rings. The van der Waals surface area contributed by atoms with Crippen LogP contribution in [0.15, 0.2) is 59.6 Å². The molecule has 102 valence electrons. The molecule has 1 N–H and O–H groups in total. The Morgan fingerprint density at radius 2 is 2.00 bits per heavy atom. The lowest BCUT2D eigenvalue weighted by Gasteiger charge is -2.05. The molecule has 0 amide bonds. The molecule has 1 aliphatic rings. The van der Waals surface area contributed by atoms with Gasteiger partial charge >= 0.3 is 0 Å². The van der Waals surface area contributed by atoms with Gasteiger partial charge in [-0.05, 0) is 30.2 Å². The third-order valence-corrected chi connectivity index (χ3v) is 4.13. The largest absolute Gasteiger partial charge is 0.335 e. The van der Waals surface area contributed by atoms with E-state index in [4.69, 9.17) is 0 Å². The number of hydrogen-bond donors (Lipinski definition) is 1. The van der Waals surface area contributed by atoms with Crippen molar-refractivity contribution < 1.29 is 4.39 Å². The van der Waals surface area contributed by atoms with Gasteiger partial charge in [-0.2, -0.15) is 0 Å². The first-order valence-electron chi connectivity index (χ1n) is 6.57. The molecule has 0 saturated heterocycles. The second kappa shape index (κ2) is 6.09. The predicted octanol–water partition coefficient (Wildman–Crippen LogP) is 3.95. The number of hydrogen-bond acceptors (Lipinski definition) is 3. The van der Waals surface area contributed by atoms with Gasteiger partial charge in [0.15, 0.2) is 5.17 Å². The standard InChI is InChI=1S/C16H15FN2S/c17-13-7-4-8-14(10-13)18-16-19-15(11-20-16)9-12-5-2-1-3-6-12/h1-8,10,15H,9,11H2,(H,18,19). The van der Waals surface area contributed by atoms with Gasteiger partial charge in [0.25, 0.3) is 0 Å². The van der Waals surface area contributed by atoms with Crippen LogP contribution in [0.4, 0.5) is 10.1 Å². The lowest BCUT2D eigenvalue weighted by Crippen LogP contribution is -2.08. The van der Waals surface area contributed by atoms with Crippen molar-refractivity contribution in [3.63, 3.8) is 0 Å². The maximum atomic E-state index is 13.1.